The Morgan fingerprint density at radius 2 is 2.05 bits per heavy atom. The van der Waals surface area contributed by atoms with Gasteiger partial charge in [-0.2, -0.15) is 0 Å². The van der Waals surface area contributed by atoms with Gasteiger partial charge in [0, 0.05) is 18.0 Å². The van der Waals surface area contributed by atoms with E-state index < -0.39 is 10.0 Å². The maximum absolute atomic E-state index is 12.3. The topological polar surface area (TPSA) is 58.2 Å². The number of hydrogen-bond donors (Lipinski definition) is 2. The molecule has 2 unspecified atom stereocenters. The third kappa shape index (κ3) is 4.77. The minimum absolute atomic E-state index is 0.430. The van der Waals surface area contributed by atoms with Gasteiger partial charge in [0.05, 0.1) is 0 Å². The minimum Gasteiger partial charge on any atom is -0.312 e. The number of rotatable bonds is 7. The van der Waals surface area contributed by atoms with E-state index in [1.807, 2.05) is 13.0 Å². The first-order valence-electron chi connectivity index (χ1n) is 7.82. The van der Waals surface area contributed by atoms with Crippen LogP contribution in [-0.2, 0) is 16.6 Å². The third-order valence-electron chi connectivity index (χ3n) is 4.28. The highest BCUT2D eigenvalue weighted by Crippen LogP contribution is 2.29. The molecule has 0 spiro atoms. The highest BCUT2D eigenvalue weighted by molar-refractivity contribution is 7.91. The van der Waals surface area contributed by atoms with Crippen LogP contribution in [0.1, 0.15) is 44.4 Å². The van der Waals surface area contributed by atoms with Gasteiger partial charge in [-0.1, -0.05) is 33.1 Å². The van der Waals surface area contributed by atoms with Crippen LogP contribution in [0.15, 0.2) is 16.3 Å². The average molecular weight is 331 g/mol. The molecule has 1 heterocycles. The van der Waals surface area contributed by atoms with Crippen LogP contribution in [0.3, 0.4) is 0 Å². The van der Waals surface area contributed by atoms with E-state index in [1.54, 1.807) is 6.07 Å². The molecule has 1 aromatic heterocycles. The third-order valence-corrected chi connectivity index (χ3v) is 7.28. The molecule has 0 amide bonds. The Morgan fingerprint density at radius 1 is 1.29 bits per heavy atom. The fraction of sp³-hybridized carbons (Fsp3) is 0.733. The van der Waals surface area contributed by atoms with E-state index in [-0.39, 0.29) is 0 Å². The molecule has 4 nitrogen and oxygen atoms in total. The second kappa shape index (κ2) is 7.72. The molecule has 1 aliphatic rings. The van der Waals surface area contributed by atoms with Gasteiger partial charge in [-0.15, -0.1) is 11.3 Å². The molecule has 0 aliphatic heterocycles. The van der Waals surface area contributed by atoms with Gasteiger partial charge in [-0.3, -0.25) is 0 Å². The first-order valence-corrected chi connectivity index (χ1v) is 10.1. The maximum atomic E-state index is 12.3. The second-order valence-corrected chi connectivity index (χ2v) is 9.04. The van der Waals surface area contributed by atoms with Crippen LogP contribution in [0.4, 0.5) is 0 Å². The summed E-state index contributed by atoms with van der Waals surface area (Å²) in [6.45, 7) is 6.47. The van der Waals surface area contributed by atoms with E-state index >= 15 is 0 Å². The van der Waals surface area contributed by atoms with Crippen molar-refractivity contribution in [3.05, 3.63) is 17.0 Å². The summed E-state index contributed by atoms with van der Waals surface area (Å²) in [6, 6.07) is 3.61. The Labute approximate surface area is 132 Å². The molecule has 2 N–H and O–H groups in total. The van der Waals surface area contributed by atoms with E-state index in [0.717, 1.165) is 24.4 Å². The Morgan fingerprint density at radius 3 is 2.76 bits per heavy atom. The molecule has 1 fully saturated rings. The quantitative estimate of drug-likeness (QED) is 0.808. The average Bonchev–Trinajstić information content (AvgIpc) is 2.94. The summed E-state index contributed by atoms with van der Waals surface area (Å²) in [5.74, 6) is 1.10. The molecule has 1 saturated carbocycles. The molecule has 0 saturated heterocycles. The zero-order valence-electron chi connectivity index (χ0n) is 12.9. The fourth-order valence-electron chi connectivity index (χ4n) is 2.83. The minimum atomic E-state index is -3.35. The van der Waals surface area contributed by atoms with Crippen molar-refractivity contribution < 1.29 is 8.42 Å². The molecule has 2 rings (SSSR count). The SMILES string of the molecule is CCNCc1ccc(S(=O)(=O)NCC2CCCCC2C)s1. The van der Waals surface area contributed by atoms with Crippen molar-refractivity contribution in [3.63, 3.8) is 0 Å². The lowest BCUT2D eigenvalue weighted by Crippen LogP contribution is -2.33. The molecule has 0 radical (unpaired) electrons. The predicted molar refractivity (Wildman–Crippen MR) is 88.0 cm³/mol. The summed E-state index contributed by atoms with van der Waals surface area (Å²) >= 11 is 1.35. The Balaban J connectivity index is 1.93. The first-order chi connectivity index (χ1) is 10.0. The van der Waals surface area contributed by atoms with E-state index in [4.69, 9.17) is 0 Å². The molecule has 1 aromatic rings. The first kappa shape index (κ1) is 16.9. The number of hydrogen-bond acceptors (Lipinski definition) is 4. The van der Waals surface area contributed by atoms with Crippen molar-refractivity contribution >= 4 is 21.4 Å². The molecule has 2 atom stereocenters. The van der Waals surface area contributed by atoms with Crippen molar-refractivity contribution in [2.24, 2.45) is 11.8 Å². The van der Waals surface area contributed by atoms with E-state index in [0.29, 0.717) is 22.6 Å². The second-order valence-electron chi connectivity index (χ2n) is 5.87. The number of nitrogens with one attached hydrogen (secondary N) is 2. The van der Waals surface area contributed by atoms with Gasteiger partial charge in [0.1, 0.15) is 4.21 Å². The van der Waals surface area contributed by atoms with Gasteiger partial charge in [0.25, 0.3) is 0 Å². The monoisotopic (exact) mass is 330 g/mol. The van der Waals surface area contributed by atoms with Crippen molar-refractivity contribution in [1.82, 2.24) is 10.0 Å². The Hall–Kier alpha value is -0.430. The predicted octanol–water partition coefficient (Wildman–Crippen LogP) is 2.96. The summed E-state index contributed by atoms with van der Waals surface area (Å²) in [6.07, 6.45) is 4.86. The van der Waals surface area contributed by atoms with Gasteiger partial charge in [-0.25, -0.2) is 13.1 Å². The van der Waals surface area contributed by atoms with E-state index in [9.17, 15) is 8.42 Å². The van der Waals surface area contributed by atoms with Crippen LogP contribution in [0.2, 0.25) is 0 Å². The maximum Gasteiger partial charge on any atom is 0.250 e. The molecule has 6 heteroatoms. The highest BCUT2D eigenvalue weighted by Gasteiger charge is 2.24. The molecule has 0 aromatic carbocycles. The lowest BCUT2D eigenvalue weighted by atomic mass is 9.81. The van der Waals surface area contributed by atoms with Gasteiger partial charge < -0.3 is 5.32 Å². The van der Waals surface area contributed by atoms with Gasteiger partial charge >= 0.3 is 0 Å². The van der Waals surface area contributed by atoms with Crippen LogP contribution in [0.5, 0.6) is 0 Å². The van der Waals surface area contributed by atoms with Crippen molar-refractivity contribution in [2.45, 2.75) is 50.3 Å². The van der Waals surface area contributed by atoms with Crippen LogP contribution < -0.4 is 10.0 Å². The summed E-state index contributed by atoms with van der Waals surface area (Å²) in [7, 11) is -3.35. The smallest absolute Gasteiger partial charge is 0.250 e. The molecular formula is C15H26N2O2S2. The number of sulfonamides is 1. The fourth-order valence-corrected chi connectivity index (χ4v) is 5.29. The lowest BCUT2D eigenvalue weighted by Gasteiger charge is -2.28. The summed E-state index contributed by atoms with van der Waals surface area (Å²) in [5, 5.41) is 3.21. The molecular weight excluding hydrogens is 304 g/mol. The number of thiophene rings is 1. The van der Waals surface area contributed by atoms with Crippen molar-refractivity contribution in [3.8, 4) is 0 Å². The largest absolute Gasteiger partial charge is 0.312 e. The molecule has 1 aliphatic carbocycles. The van der Waals surface area contributed by atoms with Gasteiger partial charge in [-0.05, 0) is 36.9 Å². The zero-order chi connectivity index (χ0) is 15.3. The van der Waals surface area contributed by atoms with Crippen molar-refractivity contribution in [2.75, 3.05) is 13.1 Å². The van der Waals surface area contributed by atoms with Gasteiger partial charge in [0.2, 0.25) is 10.0 Å². The standard InChI is InChI=1S/C15H26N2O2S2/c1-3-16-11-14-8-9-15(20-14)21(18,19)17-10-13-7-5-4-6-12(13)2/h8-9,12-13,16-17H,3-7,10-11H2,1-2H3. The van der Waals surface area contributed by atoms with Crippen LogP contribution in [0.25, 0.3) is 0 Å². The lowest BCUT2D eigenvalue weighted by molar-refractivity contribution is 0.257. The van der Waals surface area contributed by atoms with E-state index in [2.05, 4.69) is 17.0 Å². The van der Waals surface area contributed by atoms with Crippen LogP contribution in [-0.4, -0.2) is 21.5 Å². The molecule has 21 heavy (non-hydrogen) atoms. The summed E-state index contributed by atoms with van der Waals surface area (Å²) in [5.41, 5.74) is 0. The Bertz CT molecular complexity index is 540. The van der Waals surface area contributed by atoms with E-state index in [1.165, 1.54) is 30.6 Å². The highest BCUT2D eigenvalue weighted by atomic mass is 32.2. The molecule has 120 valence electrons. The molecule has 0 bridgehead atoms. The van der Waals surface area contributed by atoms with Crippen molar-refractivity contribution in [1.29, 1.82) is 0 Å². The summed E-state index contributed by atoms with van der Waals surface area (Å²) in [4.78, 5) is 1.06. The van der Waals surface area contributed by atoms with Crippen LogP contribution in [0, 0.1) is 11.8 Å². The normalized spacial score (nSPS) is 23.3. The van der Waals surface area contributed by atoms with Crippen LogP contribution >= 0.6 is 11.3 Å². The Kier molecular flexibility index (Phi) is 6.22. The summed E-state index contributed by atoms with van der Waals surface area (Å²) < 4.78 is 27.9. The van der Waals surface area contributed by atoms with Gasteiger partial charge in [0.15, 0.2) is 0 Å². The zero-order valence-corrected chi connectivity index (χ0v) is 14.5.